The minimum Gasteiger partial charge on any atom is -0.383 e. The molecule has 0 amide bonds. The Labute approximate surface area is 106 Å². The summed E-state index contributed by atoms with van der Waals surface area (Å²) < 4.78 is 36.8. The topological polar surface area (TPSA) is 33.1 Å². The molecule has 0 aliphatic rings. The number of alkyl halides is 3. The molecule has 0 aliphatic carbocycles. The van der Waals surface area contributed by atoms with Gasteiger partial charge in [-0.2, -0.15) is 13.2 Å². The van der Waals surface area contributed by atoms with E-state index in [1.807, 2.05) is 0 Å². The molecular formula is C12H9ClF3NO. The highest BCUT2D eigenvalue weighted by molar-refractivity contribution is 6.30. The Morgan fingerprint density at radius 3 is 2.61 bits per heavy atom. The third kappa shape index (κ3) is 2.73. The van der Waals surface area contributed by atoms with Crippen LogP contribution in [0, 0.1) is 0 Å². The predicted octanol–water partition coefficient (Wildman–Crippen LogP) is 3.35. The molecule has 0 saturated carbocycles. The molecule has 0 fully saturated rings. The highest BCUT2D eigenvalue weighted by atomic mass is 35.5. The van der Waals surface area contributed by atoms with E-state index in [4.69, 9.17) is 16.7 Å². The molecule has 1 unspecified atom stereocenters. The molecule has 2 aromatic rings. The van der Waals surface area contributed by atoms with Crippen molar-refractivity contribution in [3.8, 4) is 0 Å². The van der Waals surface area contributed by atoms with Crippen LogP contribution in [0.15, 0.2) is 30.3 Å². The fraction of sp³-hybridized carbons (Fsp3) is 0.250. The number of halogens is 4. The van der Waals surface area contributed by atoms with Gasteiger partial charge in [0.25, 0.3) is 0 Å². The van der Waals surface area contributed by atoms with E-state index in [2.05, 4.69) is 4.98 Å². The summed E-state index contributed by atoms with van der Waals surface area (Å²) in [6.45, 7) is 0. The molecule has 6 heteroatoms. The lowest BCUT2D eigenvalue weighted by Gasteiger charge is -2.15. The molecule has 96 valence electrons. The van der Waals surface area contributed by atoms with E-state index in [9.17, 15) is 13.2 Å². The van der Waals surface area contributed by atoms with Crippen molar-refractivity contribution in [1.82, 2.24) is 4.98 Å². The fourth-order valence-electron chi connectivity index (χ4n) is 1.60. The van der Waals surface area contributed by atoms with Gasteiger partial charge in [0.05, 0.1) is 5.52 Å². The van der Waals surface area contributed by atoms with E-state index in [0.717, 1.165) is 0 Å². The lowest BCUT2D eigenvalue weighted by Crippen LogP contribution is -2.30. The third-order valence-electron chi connectivity index (χ3n) is 2.54. The first-order valence-corrected chi connectivity index (χ1v) is 5.54. The number of fused-ring (bicyclic) bond motifs is 1. The van der Waals surface area contributed by atoms with Gasteiger partial charge in [-0.15, -0.1) is 0 Å². The van der Waals surface area contributed by atoms with E-state index < -0.39 is 18.7 Å². The maximum absolute atomic E-state index is 12.3. The Morgan fingerprint density at radius 1 is 1.28 bits per heavy atom. The summed E-state index contributed by atoms with van der Waals surface area (Å²) in [4.78, 5) is 4.00. The highest BCUT2D eigenvalue weighted by Crippen LogP contribution is 2.27. The van der Waals surface area contributed by atoms with Gasteiger partial charge in [0.2, 0.25) is 0 Å². The lowest BCUT2D eigenvalue weighted by molar-refractivity contribution is -0.203. The van der Waals surface area contributed by atoms with Gasteiger partial charge < -0.3 is 5.11 Å². The first kappa shape index (κ1) is 13.1. The van der Waals surface area contributed by atoms with Gasteiger partial charge >= 0.3 is 6.18 Å². The summed E-state index contributed by atoms with van der Waals surface area (Å²) >= 11 is 5.81. The van der Waals surface area contributed by atoms with Crippen molar-refractivity contribution in [3.05, 3.63) is 41.0 Å². The summed E-state index contributed by atoms with van der Waals surface area (Å²) in [5.41, 5.74) is 0.785. The Kier molecular flexibility index (Phi) is 3.45. The van der Waals surface area contributed by atoms with Crippen LogP contribution in [0.5, 0.6) is 0 Å². The predicted molar refractivity (Wildman–Crippen MR) is 62.5 cm³/mol. The second-order valence-electron chi connectivity index (χ2n) is 3.89. The molecular weight excluding hydrogens is 267 g/mol. The summed E-state index contributed by atoms with van der Waals surface area (Å²) in [5, 5.41) is 9.69. The summed E-state index contributed by atoms with van der Waals surface area (Å²) in [7, 11) is 0. The Bertz CT molecular complexity index is 571. The largest absolute Gasteiger partial charge is 0.414 e. The third-order valence-corrected chi connectivity index (χ3v) is 2.87. The second kappa shape index (κ2) is 4.74. The number of hydrogen-bond donors (Lipinski definition) is 1. The Hall–Kier alpha value is -1.33. The molecule has 0 spiro atoms. The molecule has 1 aromatic heterocycles. The Balaban J connectivity index is 2.36. The van der Waals surface area contributed by atoms with Crippen molar-refractivity contribution < 1.29 is 18.3 Å². The van der Waals surface area contributed by atoms with Crippen LogP contribution in [-0.2, 0) is 6.42 Å². The van der Waals surface area contributed by atoms with Gasteiger partial charge in [-0.25, -0.2) is 4.98 Å². The van der Waals surface area contributed by atoms with Crippen molar-refractivity contribution in [2.24, 2.45) is 0 Å². The van der Waals surface area contributed by atoms with Crippen molar-refractivity contribution in [2.45, 2.75) is 18.7 Å². The van der Waals surface area contributed by atoms with Gasteiger partial charge in [-0.05, 0) is 17.7 Å². The van der Waals surface area contributed by atoms with Gasteiger partial charge in [-0.1, -0.05) is 29.8 Å². The van der Waals surface area contributed by atoms with E-state index >= 15 is 0 Å². The van der Waals surface area contributed by atoms with Gasteiger partial charge in [0, 0.05) is 11.8 Å². The molecule has 0 saturated heterocycles. The highest BCUT2D eigenvalue weighted by Gasteiger charge is 2.38. The number of pyridine rings is 1. The number of benzene rings is 1. The molecule has 0 radical (unpaired) electrons. The summed E-state index contributed by atoms with van der Waals surface area (Å²) in [6, 6.07) is 8.46. The second-order valence-corrected chi connectivity index (χ2v) is 4.25. The maximum Gasteiger partial charge on any atom is 0.414 e. The number of hydrogen-bond acceptors (Lipinski definition) is 2. The van der Waals surface area contributed by atoms with E-state index in [1.54, 1.807) is 24.3 Å². The van der Waals surface area contributed by atoms with Crippen LogP contribution >= 0.6 is 11.6 Å². The Morgan fingerprint density at radius 2 is 1.94 bits per heavy atom. The van der Waals surface area contributed by atoms with Crippen molar-refractivity contribution >= 4 is 22.5 Å². The molecule has 2 rings (SSSR count). The molecule has 1 atom stereocenters. The normalized spacial score (nSPS) is 13.8. The number of aromatic nitrogens is 1. The first-order valence-electron chi connectivity index (χ1n) is 5.17. The van der Waals surface area contributed by atoms with Crippen molar-refractivity contribution in [1.29, 1.82) is 0 Å². The van der Waals surface area contributed by atoms with Crippen LogP contribution in [0.1, 0.15) is 5.56 Å². The summed E-state index contributed by atoms with van der Waals surface area (Å²) in [5.74, 6) is 0. The molecule has 1 N–H and O–H groups in total. The standard InChI is InChI=1S/C12H9ClF3NO/c13-11-8(6-10(18)12(14,15)16)5-7-3-1-2-4-9(7)17-11/h1-5,10,18H,6H2. The van der Waals surface area contributed by atoms with Crippen LogP contribution in [0.4, 0.5) is 13.2 Å². The number of nitrogens with zero attached hydrogens (tertiary/aromatic N) is 1. The minimum atomic E-state index is -4.66. The maximum atomic E-state index is 12.3. The van der Waals surface area contributed by atoms with Crippen LogP contribution in [-0.4, -0.2) is 22.4 Å². The zero-order valence-corrected chi connectivity index (χ0v) is 9.83. The molecule has 1 heterocycles. The van der Waals surface area contributed by atoms with Crippen LogP contribution in [0.25, 0.3) is 10.9 Å². The lowest BCUT2D eigenvalue weighted by atomic mass is 10.1. The van der Waals surface area contributed by atoms with E-state index in [0.29, 0.717) is 10.9 Å². The van der Waals surface area contributed by atoms with Crippen LogP contribution in [0.2, 0.25) is 5.15 Å². The average molecular weight is 276 g/mol. The quantitative estimate of drug-likeness (QED) is 0.853. The smallest absolute Gasteiger partial charge is 0.383 e. The molecule has 0 aliphatic heterocycles. The van der Waals surface area contributed by atoms with Crippen molar-refractivity contribution in [2.75, 3.05) is 0 Å². The molecule has 2 nitrogen and oxygen atoms in total. The van der Waals surface area contributed by atoms with Crippen LogP contribution < -0.4 is 0 Å². The van der Waals surface area contributed by atoms with Gasteiger partial charge in [-0.3, -0.25) is 0 Å². The monoisotopic (exact) mass is 275 g/mol. The molecule has 0 bridgehead atoms. The first-order chi connectivity index (χ1) is 8.38. The van der Waals surface area contributed by atoms with Gasteiger partial charge in [0.15, 0.2) is 6.10 Å². The SMILES string of the molecule is OC(Cc1cc2ccccc2nc1Cl)C(F)(F)F. The fourth-order valence-corrected chi connectivity index (χ4v) is 1.83. The minimum absolute atomic E-state index is 0.0167. The zero-order valence-electron chi connectivity index (χ0n) is 9.08. The molecule has 1 aromatic carbocycles. The number of para-hydroxylation sites is 1. The van der Waals surface area contributed by atoms with Gasteiger partial charge in [0.1, 0.15) is 5.15 Å². The van der Waals surface area contributed by atoms with E-state index in [-0.39, 0.29) is 10.7 Å². The summed E-state index contributed by atoms with van der Waals surface area (Å²) in [6.07, 6.45) is -7.69. The van der Waals surface area contributed by atoms with Crippen LogP contribution in [0.3, 0.4) is 0 Å². The number of rotatable bonds is 2. The van der Waals surface area contributed by atoms with Crippen molar-refractivity contribution in [3.63, 3.8) is 0 Å². The zero-order chi connectivity index (χ0) is 13.3. The average Bonchev–Trinajstić information content (AvgIpc) is 2.28. The number of aliphatic hydroxyl groups is 1. The number of aliphatic hydroxyl groups excluding tert-OH is 1. The van der Waals surface area contributed by atoms with E-state index in [1.165, 1.54) is 6.07 Å². The molecule has 18 heavy (non-hydrogen) atoms.